The number of primary amides is 1. The minimum atomic E-state index is -1.16. The van der Waals surface area contributed by atoms with Crippen LogP contribution in [-0.4, -0.2) is 54.5 Å². The SMILES string of the molecule is COc1cc(C(=O)O)cc(N)c1NCC=CCNc1c(N)cc(C(N)=O)cc1OCC#CC(C)(C)O. The van der Waals surface area contributed by atoms with E-state index in [1.165, 1.54) is 31.4 Å². The molecule has 0 fully saturated rings. The van der Waals surface area contributed by atoms with Crippen molar-refractivity contribution in [3.05, 3.63) is 47.5 Å². The minimum Gasteiger partial charge on any atom is -0.494 e. The first-order valence-electron chi connectivity index (χ1n) is 10.8. The Morgan fingerprint density at radius 2 is 1.53 bits per heavy atom. The lowest BCUT2D eigenvalue weighted by Gasteiger charge is -2.15. The van der Waals surface area contributed by atoms with Crippen LogP contribution in [0.5, 0.6) is 11.5 Å². The monoisotopic (exact) mass is 497 g/mol. The number of rotatable bonds is 11. The lowest BCUT2D eigenvalue weighted by Crippen LogP contribution is -2.15. The summed E-state index contributed by atoms with van der Waals surface area (Å²) in [4.78, 5) is 22.8. The number of anilines is 4. The maximum atomic E-state index is 11.6. The van der Waals surface area contributed by atoms with E-state index in [2.05, 4.69) is 22.5 Å². The summed E-state index contributed by atoms with van der Waals surface area (Å²) in [6.07, 6.45) is 3.64. The summed E-state index contributed by atoms with van der Waals surface area (Å²) in [5.74, 6) is 4.19. The number of hydrogen-bond acceptors (Lipinski definition) is 9. The first-order valence-corrected chi connectivity index (χ1v) is 10.8. The number of carboxylic acids is 1. The number of nitrogens with one attached hydrogen (secondary N) is 2. The molecule has 0 unspecified atom stereocenters. The van der Waals surface area contributed by atoms with Crippen molar-refractivity contribution in [2.24, 2.45) is 5.73 Å². The van der Waals surface area contributed by atoms with Crippen LogP contribution in [0.2, 0.25) is 0 Å². The smallest absolute Gasteiger partial charge is 0.335 e. The van der Waals surface area contributed by atoms with Crippen LogP contribution in [0.15, 0.2) is 36.4 Å². The molecule has 11 nitrogen and oxygen atoms in total. The van der Waals surface area contributed by atoms with Gasteiger partial charge in [0.05, 0.1) is 24.0 Å². The predicted molar refractivity (Wildman–Crippen MR) is 139 cm³/mol. The highest BCUT2D eigenvalue weighted by atomic mass is 16.5. The molecule has 0 atom stereocenters. The zero-order valence-corrected chi connectivity index (χ0v) is 20.3. The highest BCUT2D eigenvalue weighted by molar-refractivity contribution is 5.96. The molecule has 0 aromatic heterocycles. The lowest BCUT2D eigenvalue weighted by molar-refractivity contribution is 0.0696. The quantitative estimate of drug-likeness (QED) is 0.137. The van der Waals surface area contributed by atoms with Gasteiger partial charge in [0, 0.05) is 18.7 Å². The molecule has 0 heterocycles. The molecule has 0 bridgehead atoms. The van der Waals surface area contributed by atoms with Crippen LogP contribution >= 0.6 is 0 Å². The van der Waals surface area contributed by atoms with E-state index in [1.54, 1.807) is 13.8 Å². The van der Waals surface area contributed by atoms with Crippen LogP contribution in [0.25, 0.3) is 0 Å². The Balaban J connectivity index is 2.06. The lowest BCUT2D eigenvalue weighted by atomic mass is 10.1. The van der Waals surface area contributed by atoms with Gasteiger partial charge in [-0.05, 0) is 38.1 Å². The Hall–Kier alpha value is -4.56. The fourth-order valence-corrected chi connectivity index (χ4v) is 3.05. The molecule has 2 aromatic carbocycles. The van der Waals surface area contributed by atoms with Crippen LogP contribution in [0, 0.1) is 11.8 Å². The van der Waals surface area contributed by atoms with E-state index in [0.29, 0.717) is 30.2 Å². The van der Waals surface area contributed by atoms with Gasteiger partial charge < -0.3 is 47.5 Å². The topological polar surface area (TPSA) is 195 Å². The van der Waals surface area contributed by atoms with Crippen molar-refractivity contribution in [2.45, 2.75) is 19.4 Å². The molecule has 0 aliphatic heterocycles. The average molecular weight is 498 g/mol. The third-order valence-electron chi connectivity index (χ3n) is 4.67. The summed E-state index contributed by atoms with van der Waals surface area (Å²) in [6, 6.07) is 5.65. The summed E-state index contributed by atoms with van der Waals surface area (Å²) < 4.78 is 10.9. The number of carbonyl (C=O) groups is 2. The van der Waals surface area contributed by atoms with E-state index in [1.807, 2.05) is 12.2 Å². The molecule has 10 N–H and O–H groups in total. The Labute approximate surface area is 209 Å². The van der Waals surface area contributed by atoms with Gasteiger partial charge in [0.25, 0.3) is 0 Å². The summed E-state index contributed by atoms with van der Waals surface area (Å²) >= 11 is 0. The molecular weight excluding hydrogens is 466 g/mol. The standard InChI is InChI=1S/C25H31N5O6/c1-25(2,34)7-6-10-36-20-13-15(23(28)31)11-17(26)22(20)30-9-5-4-8-29-21-18(27)12-16(24(32)33)14-19(21)35-3/h4-5,11-14,29-30,34H,8-10,26-27H2,1-3H3,(H2,28,31)(H,32,33). The van der Waals surface area contributed by atoms with Gasteiger partial charge in [0.15, 0.2) is 0 Å². The first-order chi connectivity index (χ1) is 16.9. The van der Waals surface area contributed by atoms with E-state index in [9.17, 15) is 14.7 Å². The Bertz CT molecular complexity index is 1210. The van der Waals surface area contributed by atoms with Gasteiger partial charge in [-0.3, -0.25) is 4.79 Å². The van der Waals surface area contributed by atoms with Crippen molar-refractivity contribution >= 4 is 34.6 Å². The molecule has 0 saturated carbocycles. The Morgan fingerprint density at radius 3 is 2.03 bits per heavy atom. The number of benzene rings is 2. The van der Waals surface area contributed by atoms with Crippen molar-refractivity contribution in [3.8, 4) is 23.3 Å². The Kier molecular flexibility index (Phi) is 9.41. The molecule has 1 amide bonds. The van der Waals surface area contributed by atoms with Gasteiger partial charge >= 0.3 is 5.97 Å². The fourth-order valence-electron chi connectivity index (χ4n) is 3.05. The van der Waals surface area contributed by atoms with Gasteiger partial charge in [-0.25, -0.2) is 4.79 Å². The van der Waals surface area contributed by atoms with Gasteiger partial charge in [-0.15, -0.1) is 0 Å². The second-order valence-corrected chi connectivity index (χ2v) is 8.13. The number of amides is 1. The maximum Gasteiger partial charge on any atom is 0.335 e. The number of methoxy groups -OCH3 is 1. The molecular formula is C25H31N5O6. The number of hydrogen-bond donors (Lipinski definition) is 7. The molecule has 0 spiro atoms. The number of nitrogens with two attached hydrogens (primary N) is 3. The second-order valence-electron chi connectivity index (χ2n) is 8.13. The number of carbonyl (C=O) groups excluding carboxylic acids is 1. The van der Waals surface area contributed by atoms with Gasteiger partial charge in [-0.2, -0.15) is 0 Å². The van der Waals surface area contributed by atoms with Crippen LogP contribution in [-0.2, 0) is 0 Å². The van der Waals surface area contributed by atoms with E-state index >= 15 is 0 Å². The summed E-state index contributed by atoms with van der Waals surface area (Å²) in [5, 5.41) is 25.1. The zero-order chi connectivity index (χ0) is 26.9. The molecule has 2 aromatic rings. The normalized spacial score (nSPS) is 10.9. The van der Waals surface area contributed by atoms with Crippen LogP contribution in [0.3, 0.4) is 0 Å². The number of aromatic carboxylic acids is 1. The predicted octanol–water partition coefficient (Wildman–Crippen LogP) is 1.89. The van der Waals surface area contributed by atoms with E-state index < -0.39 is 17.5 Å². The number of nitrogen functional groups attached to an aromatic ring is 2. The molecule has 2 rings (SSSR count). The summed E-state index contributed by atoms with van der Waals surface area (Å²) in [6.45, 7) is 3.80. The molecule has 0 radical (unpaired) electrons. The molecule has 192 valence electrons. The largest absolute Gasteiger partial charge is 0.494 e. The van der Waals surface area contributed by atoms with Crippen LogP contribution < -0.4 is 37.3 Å². The summed E-state index contributed by atoms with van der Waals surface area (Å²) in [7, 11) is 1.43. The zero-order valence-electron chi connectivity index (χ0n) is 20.3. The van der Waals surface area contributed by atoms with Crippen molar-refractivity contribution in [1.82, 2.24) is 0 Å². The van der Waals surface area contributed by atoms with Crippen molar-refractivity contribution < 1.29 is 29.3 Å². The average Bonchev–Trinajstić information content (AvgIpc) is 2.79. The van der Waals surface area contributed by atoms with Gasteiger partial charge in [-0.1, -0.05) is 24.0 Å². The fraction of sp³-hybridized carbons (Fsp3) is 0.280. The molecule has 0 aliphatic carbocycles. The van der Waals surface area contributed by atoms with Gasteiger partial charge in [0.1, 0.15) is 35.1 Å². The molecule has 11 heteroatoms. The third-order valence-corrected chi connectivity index (χ3v) is 4.67. The first kappa shape index (κ1) is 27.7. The molecule has 0 saturated heterocycles. The van der Waals surface area contributed by atoms with E-state index in [-0.39, 0.29) is 34.9 Å². The van der Waals surface area contributed by atoms with Crippen LogP contribution in [0.1, 0.15) is 34.6 Å². The van der Waals surface area contributed by atoms with Crippen molar-refractivity contribution in [2.75, 3.05) is 48.9 Å². The highest BCUT2D eigenvalue weighted by Gasteiger charge is 2.14. The summed E-state index contributed by atoms with van der Waals surface area (Å²) in [5.41, 5.74) is 17.9. The van der Waals surface area contributed by atoms with Crippen molar-refractivity contribution in [1.29, 1.82) is 0 Å². The number of carboxylic acid groups (broad SMARTS) is 1. The minimum absolute atomic E-state index is 0.0265. The molecule has 0 aliphatic rings. The maximum absolute atomic E-state index is 11.6. The Morgan fingerprint density at radius 1 is 1.00 bits per heavy atom. The van der Waals surface area contributed by atoms with Gasteiger partial charge in [0.2, 0.25) is 5.91 Å². The van der Waals surface area contributed by atoms with E-state index in [0.717, 1.165) is 0 Å². The second kappa shape index (κ2) is 12.2. The third kappa shape index (κ3) is 8.03. The van der Waals surface area contributed by atoms with Crippen LogP contribution in [0.4, 0.5) is 22.7 Å². The highest BCUT2D eigenvalue weighted by Crippen LogP contribution is 2.33. The molecule has 36 heavy (non-hydrogen) atoms. The van der Waals surface area contributed by atoms with Crippen molar-refractivity contribution in [3.63, 3.8) is 0 Å². The number of ether oxygens (including phenoxy) is 2. The van der Waals surface area contributed by atoms with E-state index in [4.69, 9.17) is 31.8 Å². The number of aliphatic hydroxyl groups is 1.